The van der Waals surface area contributed by atoms with Crippen molar-refractivity contribution in [2.75, 3.05) is 0 Å². The van der Waals surface area contributed by atoms with E-state index < -0.39 is 0 Å². The Morgan fingerprint density at radius 3 is 1.90 bits per heavy atom. The molecule has 112 valence electrons. The molecule has 3 heteroatoms. The third kappa shape index (κ3) is 3.86. The summed E-state index contributed by atoms with van der Waals surface area (Å²) in [6.07, 6.45) is 14.4. The topological polar surface area (TPSA) is 3.24 Å². The van der Waals surface area contributed by atoms with E-state index in [4.69, 9.17) is 0 Å². The average molecular weight is 356 g/mol. The molecule has 3 rings (SSSR count). The number of nitrogens with zero attached hydrogens (tertiary/aromatic N) is 1. The molecule has 2 aliphatic rings. The largest absolute Gasteiger partial charge is 0.292 e. The van der Waals surface area contributed by atoms with Gasteiger partial charge in [-0.2, -0.15) is 0 Å². The lowest BCUT2D eigenvalue weighted by Gasteiger charge is -2.41. The summed E-state index contributed by atoms with van der Waals surface area (Å²) in [7, 11) is 0. The molecule has 0 aromatic carbocycles. The first-order valence-electron chi connectivity index (χ1n) is 8.33. The van der Waals surface area contributed by atoms with Gasteiger partial charge in [0.25, 0.3) is 0 Å². The van der Waals surface area contributed by atoms with Crippen molar-refractivity contribution < 1.29 is 0 Å². The van der Waals surface area contributed by atoms with Gasteiger partial charge in [0, 0.05) is 23.5 Å². The maximum absolute atomic E-state index is 3.61. The Balaban J connectivity index is 1.71. The Morgan fingerprint density at radius 2 is 1.45 bits per heavy atom. The molecule has 0 unspecified atom stereocenters. The first-order valence-corrected chi connectivity index (χ1v) is 9.94. The molecule has 0 N–H and O–H groups in total. The second kappa shape index (κ2) is 7.42. The van der Waals surface area contributed by atoms with E-state index in [1.807, 2.05) is 11.3 Å². The molecule has 0 radical (unpaired) electrons. The molecule has 0 amide bonds. The van der Waals surface area contributed by atoms with Crippen LogP contribution in [0.5, 0.6) is 0 Å². The van der Waals surface area contributed by atoms with Gasteiger partial charge >= 0.3 is 0 Å². The summed E-state index contributed by atoms with van der Waals surface area (Å²) < 4.78 is 1.28. The fraction of sp³-hybridized carbons (Fsp3) is 0.765. The minimum Gasteiger partial charge on any atom is -0.292 e. The van der Waals surface area contributed by atoms with Crippen LogP contribution in [-0.4, -0.2) is 17.0 Å². The van der Waals surface area contributed by atoms with Gasteiger partial charge in [0.05, 0.1) is 3.79 Å². The van der Waals surface area contributed by atoms with Gasteiger partial charge in [-0.25, -0.2) is 0 Å². The molecule has 1 aromatic heterocycles. The summed E-state index contributed by atoms with van der Waals surface area (Å²) in [5, 5.41) is 0. The Kier molecular flexibility index (Phi) is 5.58. The lowest BCUT2D eigenvalue weighted by atomic mass is 9.88. The van der Waals surface area contributed by atoms with Gasteiger partial charge in [-0.05, 0) is 53.7 Å². The number of hydrogen-bond donors (Lipinski definition) is 0. The number of hydrogen-bond acceptors (Lipinski definition) is 2. The van der Waals surface area contributed by atoms with E-state index in [1.165, 1.54) is 79.4 Å². The lowest BCUT2D eigenvalue weighted by Crippen LogP contribution is -2.44. The first kappa shape index (κ1) is 15.1. The Morgan fingerprint density at radius 1 is 0.900 bits per heavy atom. The van der Waals surface area contributed by atoms with E-state index in [0.717, 1.165) is 12.1 Å². The van der Waals surface area contributed by atoms with Gasteiger partial charge < -0.3 is 0 Å². The van der Waals surface area contributed by atoms with Crippen LogP contribution in [0, 0.1) is 0 Å². The van der Waals surface area contributed by atoms with E-state index in [-0.39, 0.29) is 0 Å². The van der Waals surface area contributed by atoms with Crippen LogP contribution in [0.2, 0.25) is 0 Å². The highest BCUT2D eigenvalue weighted by Gasteiger charge is 2.29. The summed E-state index contributed by atoms with van der Waals surface area (Å²) in [5.74, 6) is 0. The highest BCUT2D eigenvalue weighted by Crippen LogP contribution is 2.33. The summed E-state index contributed by atoms with van der Waals surface area (Å²) in [6, 6.07) is 6.23. The van der Waals surface area contributed by atoms with Crippen LogP contribution in [-0.2, 0) is 6.54 Å². The maximum Gasteiger partial charge on any atom is 0.0701 e. The zero-order valence-corrected chi connectivity index (χ0v) is 14.7. The molecule has 2 aliphatic carbocycles. The van der Waals surface area contributed by atoms with Crippen LogP contribution in [0.25, 0.3) is 0 Å². The second-order valence-corrected chi connectivity index (χ2v) is 9.01. The predicted octanol–water partition coefficient (Wildman–Crippen LogP) is 5.98. The molecular formula is C17H26BrNS. The molecule has 2 saturated carbocycles. The molecular weight excluding hydrogens is 330 g/mol. The zero-order valence-electron chi connectivity index (χ0n) is 12.3. The second-order valence-electron chi connectivity index (χ2n) is 6.46. The lowest BCUT2D eigenvalue weighted by molar-refractivity contribution is 0.0741. The van der Waals surface area contributed by atoms with Crippen molar-refractivity contribution >= 4 is 27.3 Å². The summed E-state index contributed by atoms with van der Waals surface area (Å²) >= 11 is 5.53. The normalized spacial score (nSPS) is 22.5. The van der Waals surface area contributed by atoms with Crippen molar-refractivity contribution in [3.05, 3.63) is 20.8 Å². The predicted molar refractivity (Wildman–Crippen MR) is 91.3 cm³/mol. The summed E-state index contributed by atoms with van der Waals surface area (Å²) in [6.45, 7) is 1.19. The molecule has 0 saturated heterocycles. The molecule has 0 aliphatic heterocycles. The Labute approximate surface area is 135 Å². The van der Waals surface area contributed by atoms with E-state index in [2.05, 4.69) is 33.0 Å². The van der Waals surface area contributed by atoms with Crippen molar-refractivity contribution in [2.45, 2.75) is 82.8 Å². The molecule has 20 heavy (non-hydrogen) atoms. The van der Waals surface area contributed by atoms with Crippen LogP contribution >= 0.6 is 27.3 Å². The molecule has 1 heterocycles. The van der Waals surface area contributed by atoms with Crippen LogP contribution in [0.15, 0.2) is 15.9 Å². The van der Waals surface area contributed by atoms with E-state index >= 15 is 0 Å². The van der Waals surface area contributed by atoms with E-state index in [1.54, 1.807) is 0 Å². The van der Waals surface area contributed by atoms with Gasteiger partial charge in [-0.3, -0.25) is 4.90 Å². The molecule has 0 atom stereocenters. The minimum absolute atomic E-state index is 0.854. The standard InChI is InChI=1S/C17H26BrNS/c18-17-12-11-16(20-17)13-19(14-7-3-1-4-8-14)15-9-5-2-6-10-15/h11-12,14-15H,1-10,13H2. The molecule has 1 aromatic rings. The Bertz CT molecular complexity index is 387. The van der Waals surface area contributed by atoms with E-state index in [0.29, 0.717) is 0 Å². The van der Waals surface area contributed by atoms with Gasteiger partial charge in [0.1, 0.15) is 0 Å². The Hall–Kier alpha value is 0.140. The van der Waals surface area contributed by atoms with Gasteiger partial charge in [-0.1, -0.05) is 38.5 Å². The minimum atomic E-state index is 0.854. The third-order valence-electron chi connectivity index (χ3n) is 5.05. The van der Waals surface area contributed by atoms with Gasteiger partial charge in [-0.15, -0.1) is 11.3 Å². The monoisotopic (exact) mass is 355 g/mol. The van der Waals surface area contributed by atoms with E-state index in [9.17, 15) is 0 Å². The van der Waals surface area contributed by atoms with Crippen molar-refractivity contribution in [3.63, 3.8) is 0 Å². The van der Waals surface area contributed by atoms with Gasteiger partial charge in [0.2, 0.25) is 0 Å². The van der Waals surface area contributed by atoms with Crippen molar-refractivity contribution in [3.8, 4) is 0 Å². The average Bonchev–Trinajstić information content (AvgIpc) is 2.92. The molecule has 1 nitrogen and oxygen atoms in total. The van der Waals surface area contributed by atoms with Crippen LogP contribution in [0.4, 0.5) is 0 Å². The fourth-order valence-corrected chi connectivity index (χ4v) is 5.49. The summed E-state index contributed by atoms with van der Waals surface area (Å²) in [5.41, 5.74) is 0. The van der Waals surface area contributed by atoms with Crippen LogP contribution in [0.3, 0.4) is 0 Å². The summed E-state index contributed by atoms with van der Waals surface area (Å²) in [4.78, 5) is 4.42. The first-order chi connectivity index (χ1) is 9.83. The van der Waals surface area contributed by atoms with Crippen molar-refractivity contribution in [1.29, 1.82) is 0 Å². The molecule has 0 bridgehead atoms. The van der Waals surface area contributed by atoms with Crippen molar-refractivity contribution in [1.82, 2.24) is 4.90 Å². The highest BCUT2D eigenvalue weighted by atomic mass is 79.9. The smallest absolute Gasteiger partial charge is 0.0701 e. The number of halogens is 1. The van der Waals surface area contributed by atoms with Crippen molar-refractivity contribution in [2.24, 2.45) is 0 Å². The van der Waals surface area contributed by atoms with Crippen LogP contribution < -0.4 is 0 Å². The highest BCUT2D eigenvalue weighted by molar-refractivity contribution is 9.11. The zero-order chi connectivity index (χ0) is 13.8. The molecule has 2 fully saturated rings. The maximum atomic E-state index is 3.61. The molecule has 0 spiro atoms. The van der Waals surface area contributed by atoms with Crippen LogP contribution in [0.1, 0.15) is 69.1 Å². The number of rotatable bonds is 4. The van der Waals surface area contributed by atoms with Gasteiger partial charge in [0.15, 0.2) is 0 Å². The third-order valence-corrected chi connectivity index (χ3v) is 6.66. The number of thiophene rings is 1. The SMILES string of the molecule is Brc1ccc(CN(C2CCCCC2)C2CCCCC2)s1. The quantitative estimate of drug-likeness (QED) is 0.642. The fourth-order valence-electron chi connectivity index (χ4n) is 4.00.